The van der Waals surface area contributed by atoms with Crippen LogP contribution in [-0.4, -0.2) is 39.1 Å². The molecule has 6 nitrogen and oxygen atoms in total. The Kier molecular flexibility index (Phi) is 12.7. The molecule has 0 aliphatic rings. The zero-order chi connectivity index (χ0) is 21.8. The fourth-order valence-electron chi connectivity index (χ4n) is 3.01. The molecule has 0 aliphatic heterocycles. The van der Waals surface area contributed by atoms with Gasteiger partial charge in [0.1, 0.15) is 5.75 Å². The van der Waals surface area contributed by atoms with E-state index in [0.29, 0.717) is 12.1 Å². The zero-order valence-corrected chi connectivity index (χ0v) is 21.3. The molecule has 0 aliphatic carbocycles. The van der Waals surface area contributed by atoms with Gasteiger partial charge in [0, 0.05) is 32.2 Å². The van der Waals surface area contributed by atoms with Gasteiger partial charge in [-0.25, -0.2) is 0 Å². The number of aryl methyl sites for hydroxylation is 1. The van der Waals surface area contributed by atoms with Crippen molar-refractivity contribution in [3.05, 3.63) is 64.7 Å². The maximum atomic E-state index is 12.1. The number of halogens is 1. The molecule has 2 rings (SSSR count). The van der Waals surface area contributed by atoms with E-state index in [1.165, 1.54) is 5.56 Å². The molecule has 0 radical (unpaired) electrons. The highest BCUT2D eigenvalue weighted by molar-refractivity contribution is 14.0. The largest absolute Gasteiger partial charge is 0.496 e. The van der Waals surface area contributed by atoms with Crippen molar-refractivity contribution >= 4 is 35.8 Å². The normalized spacial score (nSPS) is 10.8. The van der Waals surface area contributed by atoms with Crippen LogP contribution in [0.25, 0.3) is 0 Å². The summed E-state index contributed by atoms with van der Waals surface area (Å²) in [7, 11) is 3.45. The Hall–Kier alpha value is -2.29. The highest BCUT2D eigenvalue weighted by Crippen LogP contribution is 2.19. The van der Waals surface area contributed by atoms with Crippen LogP contribution >= 0.6 is 24.0 Å². The van der Waals surface area contributed by atoms with Crippen LogP contribution in [0.4, 0.5) is 0 Å². The van der Waals surface area contributed by atoms with Crippen molar-refractivity contribution in [1.82, 2.24) is 16.0 Å². The summed E-state index contributed by atoms with van der Waals surface area (Å²) in [6, 6.07) is 13.9. The molecule has 170 valence electrons. The zero-order valence-electron chi connectivity index (χ0n) is 19.0. The third-order valence-corrected chi connectivity index (χ3v) is 4.89. The first-order valence-corrected chi connectivity index (χ1v) is 10.5. The molecule has 0 saturated heterocycles. The van der Waals surface area contributed by atoms with E-state index in [1.807, 2.05) is 31.2 Å². The molecular formula is C24H35IN4O2. The lowest BCUT2D eigenvalue weighted by Gasteiger charge is -2.13. The van der Waals surface area contributed by atoms with Gasteiger partial charge in [-0.3, -0.25) is 9.79 Å². The smallest absolute Gasteiger partial charge is 0.251 e. The third-order valence-electron chi connectivity index (χ3n) is 4.89. The number of carbonyl (C=O) groups excluding carboxylic acids is 1. The Balaban J connectivity index is 0.00000480. The van der Waals surface area contributed by atoms with Crippen molar-refractivity contribution < 1.29 is 9.53 Å². The van der Waals surface area contributed by atoms with Crippen LogP contribution in [0.5, 0.6) is 5.75 Å². The van der Waals surface area contributed by atoms with Gasteiger partial charge in [-0.2, -0.15) is 0 Å². The quantitative estimate of drug-likeness (QED) is 0.185. The first-order valence-electron chi connectivity index (χ1n) is 10.5. The second-order valence-electron chi connectivity index (χ2n) is 7.21. The van der Waals surface area contributed by atoms with E-state index >= 15 is 0 Å². The number of nitrogens with zero attached hydrogens (tertiary/aromatic N) is 1. The van der Waals surface area contributed by atoms with E-state index in [9.17, 15) is 4.79 Å². The Labute approximate surface area is 203 Å². The van der Waals surface area contributed by atoms with Crippen molar-refractivity contribution in [3.8, 4) is 5.75 Å². The number of unbranched alkanes of at least 4 members (excludes halogenated alkanes) is 1. The molecule has 7 heteroatoms. The first kappa shape index (κ1) is 26.7. The van der Waals surface area contributed by atoms with Crippen LogP contribution in [0.2, 0.25) is 0 Å². The second kappa shape index (κ2) is 14.7. The van der Waals surface area contributed by atoms with E-state index in [0.717, 1.165) is 55.2 Å². The van der Waals surface area contributed by atoms with Crippen LogP contribution in [0.15, 0.2) is 47.5 Å². The van der Waals surface area contributed by atoms with Crippen LogP contribution in [0.1, 0.15) is 46.8 Å². The number of rotatable bonds is 10. The topological polar surface area (TPSA) is 74.8 Å². The van der Waals surface area contributed by atoms with Crippen molar-refractivity contribution in [1.29, 1.82) is 0 Å². The highest BCUT2D eigenvalue weighted by atomic mass is 127. The number of ether oxygens (including phenoxy) is 1. The number of carbonyl (C=O) groups is 1. The standard InChI is InChI=1S/C24H34N4O2.HI/c1-5-6-14-26-23(29)21-11-9-20(10-12-21)17-28-24(25-3)27-15-13-19-8-7-18(2)22(16-19)30-4;/h7-12,16H,5-6,13-15,17H2,1-4H3,(H,26,29)(H2,25,27,28);1H. The van der Waals surface area contributed by atoms with E-state index in [4.69, 9.17) is 4.74 Å². The lowest BCUT2D eigenvalue weighted by atomic mass is 10.1. The minimum atomic E-state index is -0.0202. The molecule has 3 N–H and O–H groups in total. The number of hydrogen-bond donors (Lipinski definition) is 3. The molecule has 1 amide bonds. The average molecular weight is 538 g/mol. The minimum Gasteiger partial charge on any atom is -0.496 e. The number of hydrogen-bond acceptors (Lipinski definition) is 3. The predicted octanol–water partition coefficient (Wildman–Crippen LogP) is 4.06. The van der Waals surface area contributed by atoms with Crippen molar-refractivity contribution in [2.45, 2.75) is 39.7 Å². The molecule has 2 aromatic carbocycles. The van der Waals surface area contributed by atoms with Crippen LogP contribution < -0.4 is 20.7 Å². The molecule has 0 fully saturated rings. The molecule has 0 bridgehead atoms. The molecule has 0 heterocycles. The molecule has 2 aromatic rings. The summed E-state index contributed by atoms with van der Waals surface area (Å²) in [6.07, 6.45) is 2.94. The van der Waals surface area contributed by atoms with Gasteiger partial charge in [-0.05, 0) is 54.7 Å². The summed E-state index contributed by atoms with van der Waals surface area (Å²) in [5, 5.41) is 9.57. The SMILES string of the molecule is CCCCNC(=O)c1ccc(CNC(=NC)NCCc2ccc(C)c(OC)c2)cc1.I. The Bertz CT molecular complexity index is 838. The third kappa shape index (κ3) is 9.16. The fraction of sp³-hybridized carbons (Fsp3) is 0.417. The lowest BCUT2D eigenvalue weighted by Crippen LogP contribution is -2.37. The van der Waals surface area contributed by atoms with E-state index in [1.54, 1.807) is 14.2 Å². The van der Waals surface area contributed by atoms with Crippen molar-refractivity contribution in [2.24, 2.45) is 4.99 Å². The van der Waals surface area contributed by atoms with Gasteiger partial charge in [0.15, 0.2) is 5.96 Å². The molecular weight excluding hydrogens is 503 g/mol. The number of amides is 1. The molecule has 0 spiro atoms. The van der Waals surface area contributed by atoms with Crippen molar-refractivity contribution in [2.75, 3.05) is 27.2 Å². The van der Waals surface area contributed by atoms with Gasteiger partial charge < -0.3 is 20.7 Å². The first-order chi connectivity index (χ1) is 14.6. The molecule has 0 unspecified atom stereocenters. The van der Waals surface area contributed by atoms with Gasteiger partial charge in [0.05, 0.1) is 7.11 Å². The summed E-state index contributed by atoms with van der Waals surface area (Å²) >= 11 is 0. The number of aliphatic imine (C=N–C) groups is 1. The summed E-state index contributed by atoms with van der Waals surface area (Å²) in [6.45, 7) is 6.27. The number of guanidine groups is 1. The second-order valence-corrected chi connectivity index (χ2v) is 7.21. The number of benzene rings is 2. The maximum absolute atomic E-state index is 12.1. The van der Waals surface area contributed by atoms with Gasteiger partial charge in [0.25, 0.3) is 5.91 Å². The van der Waals surface area contributed by atoms with Crippen LogP contribution in [0, 0.1) is 6.92 Å². The highest BCUT2D eigenvalue weighted by Gasteiger charge is 2.05. The van der Waals surface area contributed by atoms with E-state index in [-0.39, 0.29) is 29.9 Å². The fourth-order valence-corrected chi connectivity index (χ4v) is 3.01. The molecule has 31 heavy (non-hydrogen) atoms. The summed E-state index contributed by atoms with van der Waals surface area (Å²) in [5.74, 6) is 1.64. The van der Waals surface area contributed by atoms with Crippen molar-refractivity contribution in [3.63, 3.8) is 0 Å². The Morgan fingerprint density at radius 1 is 1.00 bits per heavy atom. The Morgan fingerprint density at radius 3 is 2.35 bits per heavy atom. The number of nitrogens with one attached hydrogen (secondary N) is 3. The number of methoxy groups -OCH3 is 1. The lowest BCUT2D eigenvalue weighted by molar-refractivity contribution is 0.0953. The summed E-state index contributed by atoms with van der Waals surface area (Å²) in [4.78, 5) is 16.3. The Morgan fingerprint density at radius 2 is 1.71 bits per heavy atom. The molecule has 0 aromatic heterocycles. The van der Waals surface area contributed by atoms with Gasteiger partial charge >= 0.3 is 0 Å². The minimum absolute atomic E-state index is 0. The monoisotopic (exact) mass is 538 g/mol. The van der Waals surface area contributed by atoms with E-state index < -0.39 is 0 Å². The maximum Gasteiger partial charge on any atom is 0.251 e. The van der Waals surface area contributed by atoms with Gasteiger partial charge in [-0.15, -0.1) is 24.0 Å². The van der Waals surface area contributed by atoms with Gasteiger partial charge in [-0.1, -0.05) is 37.6 Å². The molecule has 0 atom stereocenters. The van der Waals surface area contributed by atoms with Gasteiger partial charge in [0.2, 0.25) is 0 Å². The summed E-state index contributed by atoms with van der Waals surface area (Å²) < 4.78 is 5.39. The van der Waals surface area contributed by atoms with E-state index in [2.05, 4.69) is 46.1 Å². The summed E-state index contributed by atoms with van der Waals surface area (Å²) in [5.41, 5.74) is 4.13. The average Bonchev–Trinajstić information content (AvgIpc) is 2.77. The molecule has 0 saturated carbocycles. The predicted molar refractivity (Wildman–Crippen MR) is 139 cm³/mol. The van der Waals surface area contributed by atoms with Crippen LogP contribution in [0.3, 0.4) is 0 Å². The van der Waals surface area contributed by atoms with Crippen LogP contribution in [-0.2, 0) is 13.0 Å².